The summed E-state index contributed by atoms with van der Waals surface area (Å²) in [6, 6.07) is 13.4. The summed E-state index contributed by atoms with van der Waals surface area (Å²) < 4.78 is 4.96. The summed E-state index contributed by atoms with van der Waals surface area (Å²) in [6.45, 7) is 2.32. The average molecular weight is 298 g/mol. The Bertz CT molecular complexity index is 744. The smallest absolute Gasteiger partial charge is 0.325 e. The third kappa shape index (κ3) is 2.23. The van der Waals surface area contributed by atoms with Crippen molar-refractivity contribution in [2.45, 2.75) is 12.5 Å². The first-order valence-electron chi connectivity index (χ1n) is 7.18. The molecule has 0 saturated carbocycles. The fourth-order valence-electron chi connectivity index (χ4n) is 2.78. The number of nitrogens with one attached hydrogen (secondary N) is 1. The second kappa shape index (κ2) is 5.42. The number of amides is 3. The number of carbonyl (C=O) groups is 2. The molecular weight excluding hydrogens is 280 g/mol. The zero-order valence-corrected chi connectivity index (χ0v) is 12.6. The maximum Gasteiger partial charge on any atom is 0.325 e. The molecule has 1 atom stereocenters. The van der Waals surface area contributed by atoms with Gasteiger partial charge in [-0.15, -0.1) is 0 Å². The van der Waals surface area contributed by atoms with Crippen molar-refractivity contribution in [2.24, 2.45) is 0 Å². The molecule has 3 amide bonds. The summed E-state index contributed by atoms with van der Waals surface area (Å²) >= 11 is 0. The van der Waals surface area contributed by atoms with Crippen LogP contribution in [0.4, 0.5) is 4.79 Å². The van der Waals surface area contributed by atoms with Gasteiger partial charge in [0.25, 0.3) is 5.91 Å². The highest BCUT2D eigenvalue weighted by Gasteiger charge is 2.48. The molecule has 1 aliphatic rings. The number of carbonyl (C=O) groups excluding carboxylic acids is 2. The monoisotopic (exact) mass is 298 g/mol. The molecule has 22 heavy (non-hydrogen) atoms. The van der Waals surface area contributed by atoms with E-state index in [9.17, 15) is 9.59 Å². The Morgan fingerprint density at radius 3 is 2.59 bits per heavy atom. The normalized spacial score (nSPS) is 21.5. The van der Waals surface area contributed by atoms with Gasteiger partial charge in [0.15, 0.2) is 0 Å². The van der Waals surface area contributed by atoms with Crippen molar-refractivity contribution in [3.05, 3.63) is 48.0 Å². The van der Waals surface area contributed by atoms with Crippen LogP contribution in [0.1, 0.15) is 12.5 Å². The Morgan fingerprint density at radius 2 is 1.86 bits per heavy atom. The van der Waals surface area contributed by atoms with Crippen LogP contribution in [0.3, 0.4) is 0 Å². The Hall–Kier alpha value is -2.40. The molecule has 0 bridgehead atoms. The topological polar surface area (TPSA) is 58.6 Å². The van der Waals surface area contributed by atoms with Crippen molar-refractivity contribution in [3.63, 3.8) is 0 Å². The molecule has 1 N–H and O–H groups in total. The summed E-state index contributed by atoms with van der Waals surface area (Å²) in [5.74, 6) is -0.246. The van der Waals surface area contributed by atoms with E-state index in [-0.39, 0.29) is 18.5 Å². The molecule has 114 valence electrons. The fourth-order valence-corrected chi connectivity index (χ4v) is 2.78. The van der Waals surface area contributed by atoms with Crippen molar-refractivity contribution in [2.75, 3.05) is 20.3 Å². The van der Waals surface area contributed by atoms with Crippen LogP contribution in [0.2, 0.25) is 0 Å². The second-order valence-electron chi connectivity index (χ2n) is 5.57. The van der Waals surface area contributed by atoms with Crippen molar-refractivity contribution < 1.29 is 14.3 Å². The zero-order valence-electron chi connectivity index (χ0n) is 12.6. The van der Waals surface area contributed by atoms with E-state index in [1.54, 1.807) is 14.0 Å². The van der Waals surface area contributed by atoms with Crippen LogP contribution in [0.15, 0.2) is 42.5 Å². The maximum atomic E-state index is 12.7. The van der Waals surface area contributed by atoms with E-state index in [0.717, 1.165) is 16.3 Å². The first-order chi connectivity index (χ1) is 10.6. The Kier molecular flexibility index (Phi) is 3.58. The van der Waals surface area contributed by atoms with Crippen molar-refractivity contribution in [3.8, 4) is 0 Å². The van der Waals surface area contributed by atoms with Crippen LogP contribution in [0.25, 0.3) is 10.8 Å². The van der Waals surface area contributed by atoms with Gasteiger partial charge in [-0.1, -0.05) is 36.4 Å². The van der Waals surface area contributed by atoms with E-state index >= 15 is 0 Å². The third-order valence-electron chi connectivity index (χ3n) is 4.12. The highest BCUT2D eigenvalue weighted by Crippen LogP contribution is 2.30. The molecule has 1 aliphatic heterocycles. The minimum atomic E-state index is -1.03. The number of hydrogen-bond acceptors (Lipinski definition) is 3. The minimum absolute atomic E-state index is 0.246. The van der Waals surface area contributed by atoms with Crippen LogP contribution in [0.5, 0.6) is 0 Å². The van der Waals surface area contributed by atoms with Crippen molar-refractivity contribution in [1.82, 2.24) is 10.2 Å². The molecule has 0 aliphatic carbocycles. The highest BCUT2D eigenvalue weighted by atomic mass is 16.5. The Balaban J connectivity index is 1.98. The van der Waals surface area contributed by atoms with E-state index in [4.69, 9.17) is 4.74 Å². The number of rotatable bonds is 4. The molecule has 2 aromatic rings. The molecule has 5 heteroatoms. The van der Waals surface area contributed by atoms with Gasteiger partial charge >= 0.3 is 6.03 Å². The van der Waals surface area contributed by atoms with E-state index in [2.05, 4.69) is 5.32 Å². The van der Waals surface area contributed by atoms with E-state index in [1.807, 2.05) is 42.5 Å². The summed E-state index contributed by atoms with van der Waals surface area (Å²) in [6.07, 6.45) is 0. The van der Waals surface area contributed by atoms with Gasteiger partial charge in [0.05, 0.1) is 13.2 Å². The van der Waals surface area contributed by atoms with Crippen molar-refractivity contribution >= 4 is 22.7 Å². The lowest BCUT2D eigenvalue weighted by Crippen LogP contribution is -2.41. The largest absolute Gasteiger partial charge is 0.383 e. The van der Waals surface area contributed by atoms with Gasteiger partial charge in [-0.05, 0) is 29.3 Å². The number of urea groups is 1. The SMILES string of the molecule is COCCN1C(=O)N[C@@](C)(c2ccc3ccccc3c2)C1=O. The quantitative estimate of drug-likeness (QED) is 0.881. The van der Waals surface area contributed by atoms with Gasteiger partial charge in [0.2, 0.25) is 0 Å². The molecule has 0 aromatic heterocycles. The number of ether oxygens (including phenoxy) is 1. The Morgan fingerprint density at radius 1 is 1.14 bits per heavy atom. The van der Waals surface area contributed by atoms with E-state index in [0.29, 0.717) is 6.61 Å². The molecule has 1 fully saturated rings. The van der Waals surface area contributed by atoms with Crippen LogP contribution in [-0.4, -0.2) is 37.1 Å². The van der Waals surface area contributed by atoms with Gasteiger partial charge in [-0.25, -0.2) is 4.79 Å². The number of imide groups is 1. The molecule has 5 nitrogen and oxygen atoms in total. The van der Waals surface area contributed by atoms with E-state index in [1.165, 1.54) is 4.90 Å². The minimum Gasteiger partial charge on any atom is -0.383 e. The Labute approximate surface area is 128 Å². The standard InChI is InChI=1S/C17H18N2O3/c1-17(15(20)19(9-10-22-2)16(21)18-17)14-8-7-12-5-3-4-6-13(12)11-14/h3-8,11H,9-10H2,1-2H3,(H,18,21)/t17-/m0/s1. The molecule has 0 radical (unpaired) electrons. The summed E-state index contributed by atoms with van der Waals surface area (Å²) in [5, 5.41) is 4.94. The van der Waals surface area contributed by atoms with Gasteiger partial charge in [0.1, 0.15) is 5.54 Å². The highest BCUT2D eigenvalue weighted by molar-refractivity contribution is 6.07. The molecule has 1 heterocycles. The van der Waals surface area contributed by atoms with Crippen molar-refractivity contribution in [1.29, 1.82) is 0 Å². The molecule has 1 saturated heterocycles. The second-order valence-corrected chi connectivity index (χ2v) is 5.57. The fraction of sp³-hybridized carbons (Fsp3) is 0.294. The lowest BCUT2D eigenvalue weighted by atomic mass is 9.90. The van der Waals surface area contributed by atoms with Crippen LogP contribution in [-0.2, 0) is 15.1 Å². The van der Waals surface area contributed by atoms with Gasteiger partial charge in [-0.3, -0.25) is 9.69 Å². The lowest BCUT2D eigenvalue weighted by molar-refractivity contribution is -0.131. The third-order valence-corrected chi connectivity index (χ3v) is 4.12. The molecule has 0 unspecified atom stereocenters. The van der Waals surface area contributed by atoms with Crippen LogP contribution in [0, 0.1) is 0 Å². The first-order valence-corrected chi connectivity index (χ1v) is 7.18. The first kappa shape index (κ1) is 14.5. The zero-order chi connectivity index (χ0) is 15.7. The predicted octanol–water partition coefficient (Wildman–Crippen LogP) is 2.25. The maximum absolute atomic E-state index is 12.7. The lowest BCUT2D eigenvalue weighted by Gasteiger charge is -2.22. The number of methoxy groups -OCH3 is 1. The number of fused-ring (bicyclic) bond motifs is 1. The van der Waals surface area contributed by atoms with Crippen LogP contribution < -0.4 is 5.32 Å². The number of nitrogens with zero attached hydrogens (tertiary/aromatic N) is 1. The molecule has 0 spiro atoms. The van der Waals surface area contributed by atoms with Crippen LogP contribution >= 0.6 is 0 Å². The van der Waals surface area contributed by atoms with E-state index < -0.39 is 5.54 Å². The molecule has 2 aromatic carbocycles. The van der Waals surface area contributed by atoms with Gasteiger partial charge in [0, 0.05) is 7.11 Å². The molecule has 3 rings (SSSR count). The number of benzene rings is 2. The average Bonchev–Trinajstić information content (AvgIpc) is 2.75. The predicted molar refractivity (Wildman–Crippen MR) is 83.4 cm³/mol. The summed E-state index contributed by atoms with van der Waals surface area (Å²) in [7, 11) is 1.54. The van der Waals surface area contributed by atoms with Gasteiger partial charge in [-0.2, -0.15) is 0 Å². The summed E-state index contributed by atoms with van der Waals surface area (Å²) in [4.78, 5) is 26.0. The van der Waals surface area contributed by atoms with Gasteiger partial charge < -0.3 is 10.1 Å². The number of hydrogen-bond donors (Lipinski definition) is 1. The summed E-state index contributed by atoms with van der Waals surface area (Å²) in [5.41, 5.74) is -0.251. The molecular formula is C17H18N2O3.